The second kappa shape index (κ2) is 9.07. The summed E-state index contributed by atoms with van der Waals surface area (Å²) in [5.74, 6) is -0.430. The van der Waals surface area contributed by atoms with Gasteiger partial charge in [0.1, 0.15) is 5.54 Å². The van der Waals surface area contributed by atoms with Crippen molar-refractivity contribution in [1.82, 2.24) is 5.32 Å². The lowest BCUT2D eigenvalue weighted by molar-refractivity contribution is -0.150. The molecule has 0 saturated heterocycles. The van der Waals surface area contributed by atoms with Crippen molar-refractivity contribution < 1.29 is 19.1 Å². The maximum absolute atomic E-state index is 12.1. The van der Waals surface area contributed by atoms with Gasteiger partial charge in [0.2, 0.25) is 0 Å². The lowest BCUT2D eigenvalue weighted by Gasteiger charge is -2.27. The van der Waals surface area contributed by atoms with Gasteiger partial charge in [-0.15, -0.1) is 0 Å². The Morgan fingerprint density at radius 3 is 2.45 bits per heavy atom. The minimum atomic E-state index is -1.06. The van der Waals surface area contributed by atoms with Crippen molar-refractivity contribution in [1.29, 1.82) is 0 Å². The minimum absolute atomic E-state index is 0.279. The highest BCUT2D eigenvalue weighted by Gasteiger charge is 2.36. The number of aryl methyl sites for hydroxylation is 1. The third-order valence-electron chi connectivity index (χ3n) is 3.52. The first-order valence-electron chi connectivity index (χ1n) is 7.59. The van der Waals surface area contributed by atoms with Crippen LogP contribution in [0.2, 0.25) is 0 Å². The summed E-state index contributed by atoms with van der Waals surface area (Å²) >= 11 is 0. The molecule has 0 heterocycles. The van der Waals surface area contributed by atoms with E-state index < -0.39 is 17.6 Å². The van der Waals surface area contributed by atoms with Gasteiger partial charge in [-0.1, -0.05) is 36.8 Å². The number of ether oxygens (including phenoxy) is 2. The van der Waals surface area contributed by atoms with Crippen LogP contribution in [0.25, 0.3) is 0 Å². The quantitative estimate of drug-likeness (QED) is 0.592. The van der Waals surface area contributed by atoms with Gasteiger partial charge in [-0.05, 0) is 38.7 Å². The van der Waals surface area contributed by atoms with Crippen LogP contribution in [0.4, 0.5) is 4.79 Å². The van der Waals surface area contributed by atoms with Crippen LogP contribution in [0.3, 0.4) is 0 Å². The van der Waals surface area contributed by atoms with Crippen LogP contribution in [0.5, 0.6) is 0 Å². The highest BCUT2D eigenvalue weighted by molar-refractivity contribution is 5.85. The molecule has 0 fully saturated rings. The van der Waals surface area contributed by atoms with Gasteiger partial charge in [0.05, 0.1) is 13.7 Å². The molecule has 0 bridgehead atoms. The Bertz CT molecular complexity index is 475. The first-order chi connectivity index (χ1) is 10.5. The van der Waals surface area contributed by atoms with E-state index in [0.717, 1.165) is 19.3 Å². The number of hydrogen-bond acceptors (Lipinski definition) is 4. The van der Waals surface area contributed by atoms with Crippen molar-refractivity contribution >= 4 is 12.1 Å². The van der Waals surface area contributed by atoms with Crippen LogP contribution in [-0.4, -0.2) is 31.3 Å². The second-order valence-corrected chi connectivity index (χ2v) is 5.36. The number of nitrogens with one attached hydrogen (secondary N) is 1. The van der Waals surface area contributed by atoms with Crippen LogP contribution < -0.4 is 5.32 Å². The maximum Gasteiger partial charge on any atom is 0.407 e. The van der Waals surface area contributed by atoms with E-state index in [2.05, 4.69) is 22.2 Å². The molecule has 0 spiro atoms. The Kier molecular flexibility index (Phi) is 7.43. The molecule has 0 aliphatic carbocycles. The normalized spacial score (nSPS) is 13.0. The van der Waals surface area contributed by atoms with Gasteiger partial charge < -0.3 is 14.8 Å². The standard InChI is InChI=1S/C17H25NO4/c1-4-22-15(19)17(2,18-16(20)21-3)13-9-8-12-14-10-6-5-7-11-14/h5-7,10-11H,4,8-9,12-13H2,1-3H3,(H,18,20). The predicted octanol–water partition coefficient (Wildman–Crippen LogP) is 3.08. The zero-order valence-corrected chi connectivity index (χ0v) is 13.6. The number of hydrogen-bond donors (Lipinski definition) is 1. The summed E-state index contributed by atoms with van der Waals surface area (Å²) in [6.07, 6.45) is 2.56. The van der Waals surface area contributed by atoms with Crippen molar-refractivity contribution in [3.05, 3.63) is 35.9 Å². The largest absolute Gasteiger partial charge is 0.464 e. The topological polar surface area (TPSA) is 64.6 Å². The molecular weight excluding hydrogens is 282 g/mol. The summed E-state index contributed by atoms with van der Waals surface area (Å²) in [5.41, 5.74) is 0.209. The first kappa shape index (κ1) is 18.0. The average molecular weight is 307 g/mol. The predicted molar refractivity (Wildman–Crippen MR) is 84.6 cm³/mol. The van der Waals surface area contributed by atoms with Crippen LogP contribution >= 0.6 is 0 Å². The van der Waals surface area contributed by atoms with Crippen molar-refractivity contribution in [3.63, 3.8) is 0 Å². The van der Waals surface area contributed by atoms with Crippen LogP contribution in [-0.2, 0) is 20.7 Å². The molecule has 122 valence electrons. The van der Waals surface area contributed by atoms with Crippen LogP contribution in [0.1, 0.15) is 38.7 Å². The highest BCUT2D eigenvalue weighted by atomic mass is 16.5. The van der Waals surface area contributed by atoms with Crippen molar-refractivity contribution in [2.75, 3.05) is 13.7 Å². The number of benzene rings is 1. The molecular formula is C17H25NO4. The van der Waals surface area contributed by atoms with E-state index in [1.807, 2.05) is 18.2 Å². The third kappa shape index (κ3) is 5.76. The molecule has 1 unspecified atom stereocenters. The molecule has 1 aromatic rings. The summed E-state index contributed by atoms with van der Waals surface area (Å²) < 4.78 is 9.65. The molecule has 5 heteroatoms. The van der Waals surface area contributed by atoms with Gasteiger partial charge in [-0.3, -0.25) is 0 Å². The molecule has 1 rings (SSSR count). The monoisotopic (exact) mass is 307 g/mol. The molecule has 1 atom stereocenters. The van der Waals surface area contributed by atoms with E-state index in [1.165, 1.54) is 12.7 Å². The fraction of sp³-hybridized carbons (Fsp3) is 0.529. The molecule has 0 aliphatic heterocycles. The molecule has 22 heavy (non-hydrogen) atoms. The van der Waals surface area contributed by atoms with Crippen LogP contribution in [0, 0.1) is 0 Å². The molecule has 0 aliphatic rings. The summed E-state index contributed by atoms with van der Waals surface area (Å²) in [7, 11) is 1.27. The van der Waals surface area contributed by atoms with Gasteiger partial charge in [0.15, 0.2) is 0 Å². The van der Waals surface area contributed by atoms with E-state index in [-0.39, 0.29) is 6.61 Å². The Balaban J connectivity index is 2.53. The smallest absolute Gasteiger partial charge is 0.407 e. The number of amides is 1. The lowest BCUT2D eigenvalue weighted by Crippen LogP contribution is -2.53. The van der Waals surface area contributed by atoms with E-state index >= 15 is 0 Å². The van der Waals surface area contributed by atoms with Gasteiger partial charge in [-0.25, -0.2) is 9.59 Å². The Morgan fingerprint density at radius 1 is 1.18 bits per heavy atom. The molecule has 0 aromatic heterocycles. The van der Waals surface area contributed by atoms with E-state index in [9.17, 15) is 9.59 Å². The van der Waals surface area contributed by atoms with E-state index in [4.69, 9.17) is 4.74 Å². The fourth-order valence-corrected chi connectivity index (χ4v) is 2.23. The number of methoxy groups -OCH3 is 1. The first-order valence-corrected chi connectivity index (χ1v) is 7.59. The lowest BCUT2D eigenvalue weighted by atomic mass is 9.93. The van der Waals surface area contributed by atoms with Crippen molar-refractivity contribution in [3.8, 4) is 0 Å². The third-order valence-corrected chi connectivity index (χ3v) is 3.52. The minimum Gasteiger partial charge on any atom is -0.464 e. The van der Waals surface area contributed by atoms with Crippen molar-refractivity contribution in [2.24, 2.45) is 0 Å². The number of carbonyl (C=O) groups is 2. The molecule has 1 N–H and O–H groups in total. The van der Waals surface area contributed by atoms with Gasteiger partial charge in [0, 0.05) is 0 Å². The van der Waals surface area contributed by atoms with Crippen molar-refractivity contribution in [2.45, 2.75) is 45.1 Å². The summed E-state index contributed by atoms with van der Waals surface area (Å²) in [4.78, 5) is 23.5. The molecule has 1 amide bonds. The number of esters is 1. The fourth-order valence-electron chi connectivity index (χ4n) is 2.23. The number of rotatable bonds is 8. The second-order valence-electron chi connectivity index (χ2n) is 5.36. The Labute approximate surface area is 132 Å². The van der Waals surface area contributed by atoms with Gasteiger partial charge in [-0.2, -0.15) is 0 Å². The summed E-state index contributed by atoms with van der Waals surface area (Å²) in [5, 5.41) is 2.59. The SMILES string of the molecule is CCOC(=O)C(C)(CCCCc1ccccc1)NC(=O)OC. The summed E-state index contributed by atoms with van der Waals surface area (Å²) in [6.45, 7) is 3.69. The van der Waals surface area contributed by atoms with Gasteiger partial charge >= 0.3 is 12.1 Å². The Morgan fingerprint density at radius 2 is 1.86 bits per heavy atom. The molecule has 0 saturated carbocycles. The average Bonchev–Trinajstić information content (AvgIpc) is 2.52. The van der Waals surface area contributed by atoms with E-state index in [0.29, 0.717) is 6.42 Å². The number of carbonyl (C=O) groups excluding carboxylic acids is 2. The number of alkyl carbamates (subject to hydrolysis) is 1. The molecule has 5 nitrogen and oxygen atoms in total. The zero-order chi connectivity index (χ0) is 16.4. The van der Waals surface area contributed by atoms with E-state index in [1.54, 1.807) is 13.8 Å². The zero-order valence-electron chi connectivity index (χ0n) is 13.6. The molecule has 0 radical (unpaired) electrons. The van der Waals surface area contributed by atoms with Gasteiger partial charge in [0.25, 0.3) is 0 Å². The Hall–Kier alpha value is -2.04. The summed E-state index contributed by atoms with van der Waals surface area (Å²) in [6, 6.07) is 10.2. The highest BCUT2D eigenvalue weighted by Crippen LogP contribution is 2.18. The maximum atomic E-state index is 12.1. The molecule has 1 aromatic carbocycles. The number of unbranched alkanes of at least 4 members (excludes halogenated alkanes) is 1. The van der Waals surface area contributed by atoms with Crippen LogP contribution in [0.15, 0.2) is 30.3 Å².